The lowest BCUT2D eigenvalue weighted by Gasteiger charge is -2.14. The van der Waals surface area contributed by atoms with Gasteiger partial charge in [0.1, 0.15) is 5.75 Å². The summed E-state index contributed by atoms with van der Waals surface area (Å²) in [6, 6.07) is 3.93. The summed E-state index contributed by atoms with van der Waals surface area (Å²) in [5.74, 6) is 1.13. The smallest absolute Gasteiger partial charge is 0.319 e. The Bertz CT molecular complexity index is 951. The number of ether oxygens (including phenoxy) is 1. The number of nitrogens with one attached hydrogen (secondary N) is 2. The van der Waals surface area contributed by atoms with Crippen molar-refractivity contribution < 1.29 is 22.4 Å². The zero-order valence-electron chi connectivity index (χ0n) is 14.2. The number of hydrogen-bond donors (Lipinski definition) is 2. The summed E-state index contributed by atoms with van der Waals surface area (Å²) in [6.07, 6.45) is 2.06. The van der Waals surface area contributed by atoms with Crippen LogP contribution in [-0.2, 0) is 16.3 Å². The minimum Gasteiger partial charge on any atom is -0.495 e. The van der Waals surface area contributed by atoms with Gasteiger partial charge in [0, 0.05) is 17.4 Å². The van der Waals surface area contributed by atoms with Crippen LogP contribution in [0.2, 0.25) is 0 Å². The Balaban J connectivity index is 1.76. The highest BCUT2D eigenvalue weighted by atomic mass is 32.2. The third kappa shape index (κ3) is 4.02. The molecule has 9 nitrogen and oxygen atoms in total. The fraction of sp³-hybridized carbons (Fsp3) is 0.312. The molecule has 0 saturated heterocycles. The monoisotopic (exact) mass is 378 g/mol. The van der Waals surface area contributed by atoms with E-state index < -0.39 is 21.9 Å². The molecule has 0 spiro atoms. The first kappa shape index (κ1) is 17.9. The fourth-order valence-electron chi connectivity index (χ4n) is 2.44. The number of benzene rings is 1. The van der Waals surface area contributed by atoms with Crippen molar-refractivity contribution in [3.8, 4) is 17.2 Å². The van der Waals surface area contributed by atoms with Crippen LogP contribution in [0.25, 0.3) is 11.5 Å². The first-order chi connectivity index (χ1) is 12.4. The van der Waals surface area contributed by atoms with Crippen molar-refractivity contribution >= 4 is 21.6 Å². The van der Waals surface area contributed by atoms with Crippen LogP contribution < -0.4 is 15.4 Å². The van der Waals surface area contributed by atoms with Crippen LogP contribution in [0.3, 0.4) is 0 Å². The van der Waals surface area contributed by atoms with Gasteiger partial charge in [0.05, 0.1) is 24.6 Å². The number of anilines is 1. The van der Waals surface area contributed by atoms with Crippen LogP contribution in [0.4, 0.5) is 10.5 Å². The molecular weight excluding hydrogens is 360 g/mol. The van der Waals surface area contributed by atoms with E-state index in [1.165, 1.54) is 13.2 Å². The van der Waals surface area contributed by atoms with E-state index in [4.69, 9.17) is 9.15 Å². The van der Waals surface area contributed by atoms with Gasteiger partial charge in [-0.3, -0.25) is 0 Å². The predicted octanol–water partition coefficient (Wildman–Crippen LogP) is 1.74. The van der Waals surface area contributed by atoms with Gasteiger partial charge in [-0.25, -0.2) is 13.2 Å². The Labute approximate surface area is 150 Å². The summed E-state index contributed by atoms with van der Waals surface area (Å²) in [6.45, 7) is 1.90. The summed E-state index contributed by atoms with van der Waals surface area (Å²) in [7, 11) is -1.77. The van der Waals surface area contributed by atoms with Gasteiger partial charge in [0.25, 0.3) is 0 Å². The maximum atomic E-state index is 12.2. The van der Waals surface area contributed by atoms with E-state index in [0.29, 0.717) is 35.2 Å². The van der Waals surface area contributed by atoms with Gasteiger partial charge < -0.3 is 19.8 Å². The van der Waals surface area contributed by atoms with Crippen molar-refractivity contribution in [1.82, 2.24) is 15.5 Å². The molecule has 10 heteroatoms. The van der Waals surface area contributed by atoms with Crippen LogP contribution in [0, 0.1) is 0 Å². The number of sulfone groups is 1. The minimum absolute atomic E-state index is 0.153. The molecule has 0 radical (unpaired) electrons. The lowest BCUT2D eigenvalue weighted by molar-refractivity contribution is 0.251. The third-order valence-electron chi connectivity index (χ3n) is 3.71. The molecule has 0 aliphatic carbocycles. The number of rotatable bonds is 5. The number of carbonyl (C=O) groups excluding carboxylic acids is 1. The molecule has 1 aliphatic rings. The molecule has 0 unspecified atom stereocenters. The van der Waals surface area contributed by atoms with Crippen molar-refractivity contribution in [2.75, 3.05) is 18.2 Å². The topological polar surface area (TPSA) is 123 Å². The van der Waals surface area contributed by atoms with Gasteiger partial charge >= 0.3 is 6.03 Å². The first-order valence-corrected chi connectivity index (χ1v) is 9.61. The molecule has 1 aromatic heterocycles. The first-order valence-electron chi connectivity index (χ1n) is 7.89. The average Bonchev–Trinajstić information content (AvgIpc) is 3.21. The van der Waals surface area contributed by atoms with E-state index in [0.717, 1.165) is 5.41 Å². The summed E-state index contributed by atoms with van der Waals surface area (Å²) in [5, 5.41) is 14.2. The van der Waals surface area contributed by atoms with E-state index >= 15 is 0 Å². The summed E-state index contributed by atoms with van der Waals surface area (Å²) < 4.78 is 33.6. The second kappa shape index (κ2) is 7.16. The van der Waals surface area contributed by atoms with Crippen LogP contribution in [-0.4, -0.2) is 43.6 Å². The molecule has 2 aromatic rings. The maximum Gasteiger partial charge on any atom is 0.319 e. The summed E-state index contributed by atoms with van der Waals surface area (Å²) in [4.78, 5) is 12.2. The van der Waals surface area contributed by atoms with Crippen LogP contribution in [0.5, 0.6) is 5.75 Å². The van der Waals surface area contributed by atoms with Crippen molar-refractivity contribution in [1.29, 1.82) is 0 Å². The third-order valence-corrected chi connectivity index (χ3v) is 5.11. The standard InChI is InChI=1S/C16H18N4O5S/c1-3-14-19-20-15(25-14)10-4-5-13(24-2)12(8-10)18-16(21)17-11-6-7-26(22,23)9-11/h4-8,11H,3,9H2,1-2H3,(H2,17,18,21)/t11-/m1/s1. The van der Waals surface area contributed by atoms with Crippen LogP contribution in [0.1, 0.15) is 12.8 Å². The zero-order chi connectivity index (χ0) is 18.7. The molecule has 26 heavy (non-hydrogen) atoms. The highest BCUT2D eigenvalue weighted by Gasteiger charge is 2.23. The van der Waals surface area contributed by atoms with Crippen molar-refractivity contribution in [3.63, 3.8) is 0 Å². The molecule has 2 amide bonds. The van der Waals surface area contributed by atoms with E-state index in [1.807, 2.05) is 6.92 Å². The highest BCUT2D eigenvalue weighted by Crippen LogP contribution is 2.30. The summed E-state index contributed by atoms with van der Waals surface area (Å²) in [5.41, 5.74) is 1.01. The van der Waals surface area contributed by atoms with Gasteiger partial charge in [-0.15, -0.1) is 10.2 Å². The van der Waals surface area contributed by atoms with Crippen molar-refractivity contribution in [2.45, 2.75) is 19.4 Å². The quantitative estimate of drug-likeness (QED) is 0.812. The Morgan fingerprint density at radius 1 is 1.38 bits per heavy atom. The number of amides is 2. The predicted molar refractivity (Wildman–Crippen MR) is 94.5 cm³/mol. The zero-order valence-corrected chi connectivity index (χ0v) is 15.0. The Kier molecular flexibility index (Phi) is 4.94. The van der Waals surface area contributed by atoms with Crippen LogP contribution in [0.15, 0.2) is 34.1 Å². The molecule has 1 atom stereocenters. The normalized spacial score (nSPS) is 17.8. The van der Waals surface area contributed by atoms with E-state index in [1.54, 1.807) is 18.2 Å². The van der Waals surface area contributed by atoms with E-state index in [-0.39, 0.29) is 5.75 Å². The second-order valence-corrected chi connectivity index (χ2v) is 7.56. The number of carbonyl (C=O) groups is 1. The Morgan fingerprint density at radius 3 is 2.81 bits per heavy atom. The maximum absolute atomic E-state index is 12.2. The number of nitrogens with zero attached hydrogens (tertiary/aromatic N) is 2. The van der Waals surface area contributed by atoms with Gasteiger partial charge in [-0.2, -0.15) is 0 Å². The number of aryl methyl sites for hydroxylation is 1. The molecule has 1 aliphatic heterocycles. The Morgan fingerprint density at radius 2 is 2.19 bits per heavy atom. The van der Waals surface area contributed by atoms with Crippen molar-refractivity contribution in [2.24, 2.45) is 0 Å². The Hall–Kier alpha value is -2.88. The lowest BCUT2D eigenvalue weighted by Crippen LogP contribution is -2.38. The number of aromatic nitrogens is 2. The van der Waals surface area contributed by atoms with Gasteiger partial charge in [0.2, 0.25) is 11.8 Å². The lowest BCUT2D eigenvalue weighted by atomic mass is 10.2. The number of urea groups is 1. The second-order valence-electron chi connectivity index (χ2n) is 5.63. The van der Waals surface area contributed by atoms with Gasteiger partial charge in [-0.1, -0.05) is 6.92 Å². The fourth-order valence-corrected chi connectivity index (χ4v) is 3.68. The van der Waals surface area contributed by atoms with Crippen molar-refractivity contribution in [3.05, 3.63) is 35.6 Å². The summed E-state index contributed by atoms with van der Waals surface area (Å²) >= 11 is 0. The molecule has 0 fully saturated rings. The van der Waals surface area contributed by atoms with E-state index in [2.05, 4.69) is 20.8 Å². The van der Waals surface area contributed by atoms with Gasteiger partial charge in [0.15, 0.2) is 9.84 Å². The SMILES string of the molecule is CCc1nnc(-c2ccc(OC)c(NC(=O)N[C@@H]3C=CS(=O)(=O)C3)c2)o1. The largest absolute Gasteiger partial charge is 0.495 e. The molecule has 138 valence electrons. The highest BCUT2D eigenvalue weighted by molar-refractivity contribution is 7.94. The average molecular weight is 378 g/mol. The van der Waals surface area contributed by atoms with Crippen LogP contribution >= 0.6 is 0 Å². The molecule has 2 heterocycles. The molecule has 2 N–H and O–H groups in total. The molecule has 1 aromatic carbocycles. The minimum atomic E-state index is -3.25. The number of hydrogen-bond acceptors (Lipinski definition) is 7. The molecule has 0 bridgehead atoms. The van der Waals surface area contributed by atoms with E-state index in [9.17, 15) is 13.2 Å². The molecular formula is C16H18N4O5S. The van der Waals surface area contributed by atoms with Gasteiger partial charge in [-0.05, 0) is 24.3 Å². The number of methoxy groups -OCH3 is 1. The molecule has 3 rings (SSSR count). The molecule has 0 saturated carbocycles.